The molecule has 0 unspecified atom stereocenters. The Morgan fingerprint density at radius 2 is 2.42 bits per heavy atom. The maximum atomic E-state index is 8.50. The molecule has 0 spiro atoms. The zero-order chi connectivity index (χ0) is 8.97. The van der Waals surface area contributed by atoms with Crippen LogP contribution >= 0.6 is 0 Å². The summed E-state index contributed by atoms with van der Waals surface area (Å²) in [5.41, 5.74) is 2.17. The highest BCUT2D eigenvalue weighted by Gasteiger charge is 2.03. The summed E-state index contributed by atoms with van der Waals surface area (Å²) in [7, 11) is 0. The van der Waals surface area contributed by atoms with Crippen molar-refractivity contribution in [1.29, 1.82) is 5.26 Å². The molecule has 1 heterocycles. The van der Waals surface area contributed by atoms with Crippen molar-refractivity contribution >= 4 is 0 Å². The van der Waals surface area contributed by atoms with Crippen molar-refractivity contribution in [2.75, 3.05) is 0 Å². The van der Waals surface area contributed by atoms with Crippen molar-refractivity contribution in [3.8, 4) is 6.07 Å². The predicted octanol–water partition coefficient (Wildman–Crippen LogP) is 1.67. The van der Waals surface area contributed by atoms with Crippen LogP contribution in [-0.4, -0.2) is 9.78 Å². The van der Waals surface area contributed by atoms with Gasteiger partial charge in [0.05, 0.1) is 18.7 Å². The minimum atomic E-state index is 0.468. The molecule has 64 valence electrons. The van der Waals surface area contributed by atoms with Crippen LogP contribution in [0.5, 0.6) is 0 Å². The Kier molecular flexibility index (Phi) is 2.87. The largest absolute Gasteiger partial charge is 0.270 e. The van der Waals surface area contributed by atoms with Gasteiger partial charge in [0.15, 0.2) is 0 Å². The van der Waals surface area contributed by atoms with Gasteiger partial charge in [0.25, 0.3) is 0 Å². The molecule has 0 saturated heterocycles. The Balaban J connectivity index is 2.82. The first-order chi connectivity index (χ1) is 5.79. The van der Waals surface area contributed by atoms with Crippen LogP contribution in [0.3, 0.4) is 0 Å². The number of hydrogen-bond donors (Lipinski definition) is 0. The Labute approximate surface area is 72.6 Å². The number of aryl methyl sites for hydroxylation is 1. The van der Waals surface area contributed by atoms with E-state index < -0.39 is 0 Å². The lowest BCUT2D eigenvalue weighted by molar-refractivity contribution is 0.586. The number of hydrogen-bond acceptors (Lipinski definition) is 2. The molecule has 1 aromatic rings. The Bertz CT molecular complexity index is 293. The zero-order valence-electron chi connectivity index (χ0n) is 7.54. The molecule has 0 radical (unpaired) electrons. The van der Waals surface area contributed by atoms with E-state index in [1.54, 1.807) is 6.20 Å². The van der Waals surface area contributed by atoms with Crippen molar-refractivity contribution < 1.29 is 0 Å². The summed E-state index contributed by atoms with van der Waals surface area (Å²) in [6, 6.07) is 2.13. The highest BCUT2D eigenvalue weighted by molar-refractivity contribution is 5.19. The van der Waals surface area contributed by atoms with Crippen molar-refractivity contribution in [3.63, 3.8) is 0 Å². The number of nitrogens with zero attached hydrogens (tertiary/aromatic N) is 3. The van der Waals surface area contributed by atoms with Crippen LogP contribution in [0.2, 0.25) is 0 Å². The van der Waals surface area contributed by atoms with Crippen LogP contribution in [-0.2, 0) is 13.0 Å². The molecule has 0 atom stereocenters. The molecule has 0 amide bonds. The van der Waals surface area contributed by atoms with Crippen LogP contribution in [0.4, 0.5) is 0 Å². The molecule has 0 bridgehead atoms. The molecule has 0 aliphatic heterocycles. The van der Waals surface area contributed by atoms with E-state index in [1.165, 1.54) is 0 Å². The molecule has 0 saturated carbocycles. The summed E-state index contributed by atoms with van der Waals surface area (Å²) in [6.45, 7) is 5.07. The second-order valence-corrected chi connectivity index (χ2v) is 2.81. The van der Waals surface area contributed by atoms with E-state index in [0.29, 0.717) is 6.42 Å². The lowest BCUT2D eigenvalue weighted by atomic mass is 10.2. The summed E-state index contributed by atoms with van der Waals surface area (Å²) in [5.74, 6) is 0. The Hall–Kier alpha value is -1.30. The van der Waals surface area contributed by atoms with Gasteiger partial charge in [0, 0.05) is 17.8 Å². The topological polar surface area (TPSA) is 41.6 Å². The quantitative estimate of drug-likeness (QED) is 0.680. The first kappa shape index (κ1) is 8.79. The fourth-order valence-corrected chi connectivity index (χ4v) is 1.18. The molecule has 0 aliphatic rings. The summed E-state index contributed by atoms with van der Waals surface area (Å²) in [6.07, 6.45) is 3.33. The summed E-state index contributed by atoms with van der Waals surface area (Å²) >= 11 is 0. The molecule has 0 N–H and O–H groups in total. The van der Waals surface area contributed by atoms with E-state index in [0.717, 1.165) is 24.2 Å². The van der Waals surface area contributed by atoms with Crippen LogP contribution in [0.25, 0.3) is 0 Å². The van der Waals surface area contributed by atoms with Gasteiger partial charge in [-0.25, -0.2) is 0 Å². The van der Waals surface area contributed by atoms with E-state index in [-0.39, 0.29) is 0 Å². The fourth-order valence-electron chi connectivity index (χ4n) is 1.18. The second kappa shape index (κ2) is 3.91. The van der Waals surface area contributed by atoms with Crippen molar-refractivity contribution in [2.45, 2.75) is 33.2 Å². The minimum Gasteiger partial charge on any atom is -0.270 e. The van der Waals surface area contributed by atoms with Gasteiger partial charge >= 0.3 is 0 Å². The van der Waals surface area contributed by atoms with Gasteiger partial charge in [-0.3, -0.25) is 4.68 Å². The smallest absolute Gasteiger partial charge is 0.0671 e. The van der Waals surface area contributed by atoms with Crippen LogP contribution < -0.4 is 0 Å². The molecule has 3 nitrogen and oxygen atoms in total. The third-order valence-corrected chi connectivity index (χ3v) is 1.91. The monoisotopic (exact) mass is 163 g/mol. The van der Waals surface area contributed by atoms with E-state index in [2.05, 4.69) is 18.1 Å². The van der Waals surface area contributed by atoms with Crippen molar-refractivity contribution in [2.24, 2.45) is 0 Å². The number of rotatable bonds is 3. The molecule has 1 aromatic heterocycles. The minimum absolute atomic E-state index is 0.468. The van der Waals surface area contributed by atoms with E-state index in [9.17, 15) is 0 Å². The highest BCUT2D eigenvalue weighted by atomic mass is 15.3. The number of aromatic nitrogens is 2. The number of nitriles is 1. The first-order valence-corrected chi connectivity index (χ1v) is 4.17. The molecular formula is C9H13N3. The van der Waals surface area contributed by atoms with Gasteiger partial charge in [-0.1, -0.05) is 6.92 Å². The summed E-state index contributed by atoms with van der Waals surface area (Å²) in [4.78, 5) is 0. The van der Waals surface area contributed by atoms with Gasteiger partial charge < -0.3 is 0 Å². The van der Waals surface area contributed by atoms with Gasteiger partial charge in [0.2, 0.25) is 0 Å². The van der Waals surface area contributed by atoms with Gasteiger partial charge in [-0.05, 0) is 13.3 Å². The normalized spacial score (nSPS) is 9.75. The lowest BCUT2D eigenvalue weighted by Crippen LogP contribution is -2.01. The van der Waals surface area contributed by atoms with Crippen LogP contribution in [0.15, 0.2) is 6.20 Å². The average molecular weight is 163 g/mol. The molecule has 1 rings (SSSR count). The standard InChI is InChI=1S/C9H13N3/c1-3-6-12-8(2)9(4-5-10)7-11-12/h7H,3-4,6H2,1-2H3. The van der Waals surface area contributed by atoms with Crippen LogP contribution in [0.1, 0.15) is 24.6 Å². The van der Waals surface area contributed by atoms with E-state index in [4.69, 9.17) is 5.26 Å². The molecular weight excluding hydrogens is 150 g/mol. The van der Waals surface area contributed by atoms with Gasteiger partial charge in [0.1, 0.15) is 0 Å². The average Bonchev–Trinajstić information content (AvgIpc) is 2.38. The Morgan fingerprint density at radius 1 is 1.67 bits per heavy atom. The third kappa shape index (κ3) is 1.65. The predicted molar refractivity (Wildman–Crippen MR) is 46.6 cm³/mol. The molecule has 0 aliphatic carbocycles. The zero-order valence-corrected chi connectivity index (χ0v) is 7.54. The highest BCUT2D eigenvalue weighted by Crippen LogP contribution is 2.07. The van der Waals surface area contributed by atoms with Gasteiger partial charge in [-0.15, -0.1) is 0 Å². The lowest BCUT2D eigenvalue weighted by Gasteiger charge is -2.00. The fraction of sp³-hybridized carbons (Fsp3) is 0.556. The summed E-state index contributed by atoms with van der Waals surface area (Å²) < 4.78 is 1.95. The van der Waals surface area contributed by atoms with E-state index >= 15 is 0 Å². The molecule has 0 fully saturated rings. The maximum Gasteiger partial charge on any atom is 0.0671 e. The van der Waals surface area contributed by atoms with Crippen LogP contribution in [0, 0.1) is 18.3 Å². The van der Waals surface area contributed by atoms with Crippen molar-refractivity contribution in [3.05, 3.63) is 17.5 Å². The first-order valence-electron chi connectivity index (χ1n) is 4.17. The van der Waals surface area contributed by atoms with E-state index in [1.807, 2.05) is 11.6 Å². The summed E-state index contributed by atoms with van der Waals surface area (Å²) in [5, 5.41) is 12.7. The molecule has 3 heteroatoms. The van der Waals surface area contributed by atoms with Gasteiger partial charge in [-0.2, -0.15) is 10.4 Å². The Morgan fingerprint density at radius 3 is 3.00 bits per heavy atom. The maximum absolute atomic E-state index is 8.50. The molecule has 12 heavy (non-hydrogen) atoms. The third-order valence-electron chi connectivity index (χ3n) is 1.91. The second-order valence-electron chi connectivity index (χ2n) is 2.81. The molecule has 0 aromatic carbocycles. The van der Waals surface area contributed by atoms with Crippen molar-refractivity contribution in [1.82, 2.24) is 9.78 Å². The SMILES string of the molecule is CCCn1ncc(CC#N)c1C.